The lowest BCUT2D eigenvalue weighted by Gasteiger charge is -2.15. The molecule has 2 N–H and O–H groups in total. The Morgan fingerprint density at radius 1 is 1.50 bits per heavy atom. The molecule has 5 nitrogen and oxygen atoms in total. The molecule has 0 heterocycles. The van der Waals surface area contributed by atoms with Gasteiger partial charge in [0.2, 0.25) is 0 Å². The molecular formula is C12H17BrN2O3. The van der Waals surface area contributed by atoms with Crippen LogP contribution < -0.4 is 5.32 Å². The molecule has 0 spiro atoms. The molecule has 100 valence electrons. The third kappa shape index (κ3) is 4.62. The number of hydrogen-bond donors (Lipinski definition) is 2. The first-order valence-corrected chi connectivity index (χ1v) is 6.55. The molecule has 6 heteroatoms. The summed E-state index contributed by atoms with van der Waals surface area (Å²) in [4.78, 5) is 10.1. The van der Waals surface area contributed by atoms with E-state index in [1.807, 2.05) is 13.8 Å². The van der Waals surface area contributed by atoms with Crippen molar-refractivity contribution in [3.8, 4) is 0 Å². The van der Waals surface area contributed by atoms with Crippen molar-refractivity contribution in [2.24, 2.45) is 5.92 Å². The van der Waals surface area contributed by atoms with Crippen LogP contribution in [0, 0.1) is 16.0 Å². The number of non-ortho nitro benzene ring substituents is 1. The van der Waals surface area contributed by atoms with E-state index in [0.29, 0.717) is 16.9 Å². The summed E-state index contributed by atoms with van der Waals surface area (Å²) in [5, 5.41) is 23.4. The van der Waals surface area contributed by atoms with Gasteiger partial charge in [0.1, 0.15) is 0 Å². The Bertz CT molecular complexity index is 424. The maximum Gasteiger partial charge on any atom is 0.270 e. The summed E-state index contributed by atoms with van der Waals surface area (Å²) in [6.45, 7) is 4.52. The second-order valence-corrected chi connectivity index (χ2v) is 5.44. The zero-order valence-corrected chi connectivity index (χ0v) is 12.0. The first-order chi connectivity index (χ1) is 8.40. The number of anilines is 1. The monoisotopic (exact) mass is 316 g/mol. The number of hydrogen-bond acceptors (Lipinski definition) is 4. The van der Waals surface area contributed by atoms with E-state index in [2.05, 4.69) is 21.2 Å². The van der Waals surface area contributed by atoms with Crippen LogP contribution in [0.2, 0.25) is 0 Å². The number of nitro groups is 1. The topological polar surface area (TPSA) is 75.4 Å². The summed E-state index contributed by atoms with van der Waals surface area (Å²) in [5.74, 6) is 0.433. The van der Waals surface area contributed by atoms with Gasteiger partial charge in [-0.3, -0.25) is 10.1 Å². The Morgan fingerprint density at radius 2 is 2.17 bits per heavy atom. The minimum absolute atomic E-state index is 0.0372. The third-order valence-electron chi connectivity index (χ3n) is 2.44. The van der Waals surface area contributed by atoms with Gasteiger partial charge in [0.05, 0.1) is 11.0 Å². The van der Waals surface area contributed by atoms with Crippen molar-refractivity contribution >= 4 is 27.3 Å². The van der Waals surface area contributed by atoms with Crippen LogP contribution in [0.25, 0.3) is 0 Å². The summed E-state index contributed by atoms with van der Waals surface area (Å²) in [7, 11) is 0. The van der Waals surface area contributed by atoms with Crippen LogP contribution in [0.5, 0.6) is 0 Å². The molecule has 0 aliphatic rings. The highest BCUT2D eigenvalue weighted by Gasteiger charge is 2.11. The minimum atomic E-state index is -0.442. The number of halogens is 1. The van der Waals surface area contributed by atoms with Crippen LogP contribution in [0.1, 0.15) is 20.3 Å². The van der Waals surface area contributed by atoms with Gasteiger partial charge < -0.3 is 10.4 Å². The maximum absolute atomic E-state index is 10.6. The average Bonchev–Trinajstić information content (AvgIpc) is 2.26. The van der Waals surface area contributed by atoms with Gasteiger partial charge in [-0.25, -0.2) is 0 Å². The Labute approximate surface area is 114 Å². The standard InChI is InChI=1S/C12H17BrN2O3/c1-8(2)5-10(16)7-14-12-4-3-9(15(17)18)6-11(12)13/h3-4,6,8,10,14,16H,5,7H2,1-2H3. The van der Waals surface area contributed by atoms with Crippen LogP contribution in [0.15, 0.2) is 22.7 Å². The number of benzene rings is 1. The molecule has 0 saturated heterocycles. The van der Waals surface area contributed by atoms with Gasteiger partial charge >= 0.3 is 0 Å². The molecule has 0 aliphatic carbocycles. The molecule has 1 aromatic carbocycles. The van der Waals surface area contributed by atoms with Gasteiger partial charge in [-0.15, -0.1) is 0 Å². The zero-order chi connectivity index (χ0) is 13.7. The van der Waals surface area contributed by atoms with E-state index in [1.165, 1.54) is 12.1 Å². The third-order valence-corrected chi connectivity index (χ3v) is 3.09. The largest absolute Gasteiger partial charge is 0.391 e. The fourth-order valence-electron chi connectivity index (χ4n) is 1.62. The molecule has 0 aliphatic heterocycles. The molecule has 1 aromatic rings. The van der Waals surface area contributed by atoms with E-state index in [4.69, 9.17) is 0 Å². The van der Waals surface area contributed by atoms with E-state index in [9.17, 15) is 15.2 Å². The Kier molecular flexibility index (Phi) is 5.55. The van der Waals surface area contributed by atoms with Crippen LogP contribution in [-0.2, 0) is 0 Å². The molecular weight excluding hydrogens is 300 g/mol. The lowest BCUT2D eigenvalue weighted by atomic mass is 10.1. The summed E-state index contributed by atoms with van der Waals surface area (Å²) in [5.41, 5.74) is 0.776. The molecule has 0 saturated carbocycles. The van der Waals surface area contributed by atoms with Crippen LogP contribution >= 0.6 is 15.9 Å². The second-order valence-electron chi connectivity index (χ2n) is 4.59. The van der Waals surface area contributed by atoms with Gasteiger partial charge in [-0.2, -0.15) is 0 Å². The number of nitro benzene ring substituents is 1. The highest BCUT2D eigenvalue weighted by atomic mass is 79.9. The van der Waals surface area contributed by atoms with Crippen LogP contribution in [-0.4, -0.2) is 22.7 Å². The van der Waals surface area contributed by atoms with Crippen molar-refractivity contribution in [2.75, 3.05) is 11.9 Å². The second kappa shape index (κ2) is 6.70. The van der Waals surface area contributed by atoms with Gasteiger partial charge in [0, 0.05) is 28.8 Å². The summed E-state index contributed by atoms with van der Waals surface area (Å²) in [6.07, 6.45) is 0.296. The number of nitrogens with zero attached hydrogens (tertiary/aromatic N) is 1. The van der Waals surface area contributed by atoms with E-state index in [0.717, 1.165) is 12.1 Å². The maximum atomic E-state index is 10.6. The lowest BCUT2D eigenvalue weighted by Crippen LogP contribution is -2.21. The Hall–Kier alpha value is -1.14. The van der Waals surface area contributed by atoms with Crippen molar-refractivity contribution in [3.63, 3.8) is 0 Å². The predicted molar refractivity (Wildman–Crippen MR) is 74.7 cm³/mol. The molecule has 0 amide bonds. The SMILES string of the molecule is CC(C)CC(O)CNc1ccc([N+](=O)[O-])cc1Br. The van der Waals surface area contributed by atoms with E-state index in [-0.39, 0.29) is 5.69 Å². The minimum Gasteiger partial charge on any atom is -0.391 e. The lowest BCUT2D eigenvalue weighted by molar-refractivity contribution is -0.384. The van der Waals surface area contributed by atoms with Crippen molar-refractivity contribution in [3.05, 3.63) is 32.8 Å². The first kappa shape index (κ1) is 14.9. The van der Waals surface area contributed by atoms with Crippen molar-refractivity contribution < 1.29 is 10.0 Å². The van der Waals surface area contributed by atoms with Gasteiger partial charge in [0.15, 0.2) is 0 Å². The number of nitrogens with one attached hydrogen (secondary N) is 1. The van der Waals surface area contributed by atoms with Gasteiger partial charge in [-0.1, -0.05) is 13.8 Å². The van der Waals surface area contributed by atoms with E-state index in [1.54, 1.807) is 6.07 Å². The van der Waals surface area contributed by atoms with Crippen LogP contribution in [0.4, 0.5) is 11.4 Å². The molecule has 1 unspecified atom stereocenters. The Morgan fingerprint density at radius 3 is 2.67 bits per heavy atom. The summed E-state index contributed by atoms with van der Waals surface area (Å²) in [6, 6.07) is 4.50. The van der Waals surface area contributed by atoms with Gasteiger partial charge in [-0.05, 0) is 34.3 Å². The number of aliphatic hydroxyl groups is 1. The molecule has 0 aromatic heterocycles. The first-order valence-electron chi connectivity index (χ1n) is 5.76. The highest BCUT2D eigenvalue weighted by molar-refractivity contribution is 9.10. The molecule has 1 rings (SSSR count). The smallest absolute Gasteiger partial charge is 0.270 e. The summed E-state index contributed by atoms with van der Waals surface area (Å²) < 4.78 is 0.619. The van der Waals surface area contributed by atoms with E-state index < -0.39 is 11.0 Å². The molecule has 0 radical (unpaired) electrons. The molecule has 0 fully saturated rings. The van der Waals surface area contributed by atoms with Crippen molar-refractivity contribution in [1.29, 1.82) is 0 Å². The zero-order valence-electron chi connectivity index (χ0n) is 10.4. The quantitative estimate of drug-likeness (QED) is 0.624. The number of aliphatic hydroxyl groups excluding tert-OH is 1. The average molecular weight is 317 g/mol. The van der Waals surface area contributed by atoms with Crippen molar-refractivity contribution in [2.45, 2.75) is 26.4 Å². The highest BCUT2D eigenvalue weighted by Crippen LogP contribution is 2.27. The normalized spacial score (nSPS) is 12.5. The molecule has 0 bridgehead atoms. The molecule has 1 atom stereocenters. The molecule has 18 heavy (non-hydrogen) atoms. The van der Waals surface area contributed by atoms with Gasteiger partial charge in [0.25, 0.3) is 5.69 Å². The van der Waals surface area contributed by atoms with Crippen molar-refractivity contribution in [1.82, 2.24) is 0 Å². The fraction of sp³-hybridized carbons (Fsp3) is 0.500. The fourth-order valence-corrected chi connectivity index (χ4v) is 2.12. The predicted octanol–water partition coefficient (Wildman–Crippen LogP) is 3.18. The van der Waals surface area contributed by atoms with Crippen LogP contribution in [0.3, 0.4) is 0 Å². The summed E-state index contributed by atoms with van der Waals surface area (Å²) >= 11 is 3.27. The number of rotatable bonds is 6. The Balaban J connectivity index is 2.60. The van der Waals surface area contributed by atoms with E-state index >= 15 is 0 Å².